The predicted molar refractivity (Wildman–Crippen MR) is 131 cm³/mol. The van der Waals surface area contributed by atoms with Crippen LogP contribution >= 0.6 is 0 Å². The first-order valence-corrected chi connectivity index (χ1v) is 12.9. The molecule has 1 aliphatic rings. The van der Waals surface area contributed by atoms with Crippen LogP contribution in [0.2, 0.25) is 0 Å². The molecule has 0 amide bonds. The lowest BCUT2D eigenvalue weighted by Gasteiger charge is -2.28. The first-order valence-electron chi connectivity index (χ1n) is 12.9. The van der Waals surface area contributed by atoms with Crippen LogP contribution in [0, 0.1) is 40.6 Å². The van der Waals surface area contributed by atoms with Crippen LogP contribution in [0.1, 0.15) is 93.5 Å². The number of carbonyl (C=O) groups excluding carboxylic acids is 1. The Morgan fingerprint density at radius 3 is 2.14 bits per heavy atom. The van der Waals surface area contributed by atoms with E-state index < -0.39 is 29.0 Å². The largest absolute Gasteiger partial charge is 0.493 e. The molecule has 3 rings (SSSR count). The molecule has 36 heavy (non-hydrogen) atoms. The molecule has 7 heteroatoms. The highest BCUT2D eigenvalue weighted by atomic mass is 19.1. The lowest BCUT2D eigenvalue weighted by molar-refractivity contribution is 0.0724. The fourth-order valence-electron chi connectivity index (χ4n) is 4.75. The van der Waals surface area contributed by atoms with Crippen LogP contribution in [-0.4, -0.2) is 12.6 Å². The van der Waals surface area contributed by atoms with Gasteiger partial charge in [0.1, 0.15) is 40.6 Å². The van der Waals surface area contributed by atoms with E-state index in [1.165, 1.54) is 51.0 Å². The van der Waals surface area contributed by atoms with E-state index in [2.05, 4.69) is 6.92 Å². The van der Waals surface area contributed by atoms with Gasteiger partial charge >= 0.3 is 5.97 Å². The molecule has 0 spiro atoms. The maximum absolute atomic E-state index is 14.6. The molecule has 0 N–H and O–H groups in total. The van der Waals surface area contributed by atoms with Crippen LogP contribution in [-0.2, 0) is 0 Å². The molecule has 1 saturated carbocycles. The molecular formula is C29H34F3NO3. The standard InChI is InChI=1S/C29H34F3NO3/c1-2-3-4-5-6-7-8-20-9-11-21(12-10-20)19-35-24-16-26(31)28(27(32)17-24)29(34)36-23-14-13-22(18-33)25(30)15-23/h13-17,20-21H,2-12,19H2,1H3/t20-,21-. The second-order valence-corrected chi connectivity index (χ2v) is 9.66. The van der Waals surface area contributed by atoms with Gasteiger partial charge in [-0.25, -0.2) is 18.0 Å². The van der Waals surface area contributed by atoms with E-state index in [9.17, 15) is 18.0 Å². The molecule has 0 bridgehead atoms. The minimum Gasteiger partial charge on any atom is -0.493 e. The van der Waals surface area contributed by atoms with Gasteiger partial charge in [0.25, 0.3) is 0 Å². The van der Waals surface area contributed by atoms with Crippen molar-refractivity contribution in [3.63, 3.8) is 0 Å². The number of ether oxygens (including phenoxy) is 2. The van der Waals surface area contributed by atoms with Crippen molar-refractivity contribution < 1.29 is 27.4 Å². The summed E-state index contributed by atoms with van der Waals surface area (Å²) in [6.45, 7) is 2.60. The minimum absolute atomic E-state index is 0.0140. The smallest absolute Gasteiger partial charge is 0.349 e. The van der Waals surface area contributed by atoms with E-state index in [4.69, 9.17) is 14.7 Å². The molecule has 2 aromatic carbocycles. The van der Waals surface area contributed by atoms with Crippen LogP contribution in [0.5, 0.6) is 11.5 Å². The highest BCUT2D eigenvalue weighted by molar-refractivity contribution is 5.91. The zero-order valence-corrected chi connectivity index (χ0v) is 20.8. The van der Waals surface area contributed by atoms with E-state index >= 15 is 0 Å². The molecule has 0 atom stereocenters. The van der Waals surface area contributed by atoms with E-state index in [-0.39, 0.29) is 17.1 Å². The number of hydrogen-bond donors (Lipinski definition) is 0. The molecule has 0 heterocycles. The Labute approximate surface area is 211 Å². The predicted octanol–water partition coefficient (Wildman–Crippen LogP) is 8.13. The third kappa shape index (κ3) is 8.01. The zero-order valence-electron chi connectivity index (χ0n) is 20.8. The lowest BCUT2D eigenvalue weighted by atomic mass is 9.80. The number of esters is 1. The Kier molecular flexibility index (Phi) is 10.7. The van der Waals surface area contributed by atoms with E-state index in [1.807, 2.05) is 0 Å². The highest BCUT2D eigenvalue weighted by Crippen LogP contribution is 2.33. The fourth-order valence-corrected chi connectivity index (χ4v) is 4.75. The van der Waals surface area contributed by atoms with Gasteiger partial charge in [0.2, 0.25) is 0 Å². The van der Waals surface area contributed by atoms with E-state index in [0.29, 0.717) is 12.5 Å². The van der Waals surface area contributed by atoms with Crippen molar-refractivity contribution in [2.45, 2.75) is 77.6 Å². The molecule has 2 aromatic rings. The van der Waals surface area contributed by atoms with Gasteiger partial charge in [0.15, 0.2) is 0 Å². The summed E-state index contributed by atoms with van der Waals surface area (Å²) in [4.78, 5) is 12.3. The number of halogens is 3. The molecular weight excluding hydrogens is 467 g/mol. The van der Waals surface area contributed by atoms with Gasteiger partial charge in [0.05, 0.1) is 12.2 Å². The fraction of sp³-hybridized carbons (Fsp3) is 0.517. The number of nitrogens with zero attached hydrogens (tertiary/aromatic N) is 1. The molecule has 1 aliphatic carbocycles. The second kappa shape index (κ2) is 13.9. The summed E-state index contributed by atoms with van der Waals surface area (Å²) in [6.07, 6.45) is 13.5. The molecule has 0 aromatic heterocycles. The van der Waals surface area contributed by atoms with Gasteiger partial charge in [-0.3, -0.25) is 0 Å². The number of unbranched alkanes of at least 4 members (excludes halogenated alkanes) is 5. The minimum atomic E-state index is -1.30. The van der Waals surface area contributed by atoms with Crippen molar-refractivity contribution in [1.29, 1.82) is 5.26 Å². The molecule has 0 unspecified atom stereocenters. The highest BCUT2D eigenvalue weighted by Gasteiger charge is 2.24. The number of carbonyl (C=O) groups is 1. The Morgan fingerprint density at radius 1 is 0.889 bits per heavy atom. The summed E-state index contributed by atoms with van der Waals surface area (Å²) < 4.78 is 53.4. The maximum atomic E-state index is 14.6. The summed E-state index contributed by atoms with van der Waals surface area (Å²) >= 11 is 0. The number of nitriles is 1. The number of rotatable bonds is 12. The first-order chi connectivity index (χ1) is 17.4. The molecule has 0 aliphatic heterocycles. The summed E-state index contributed by atoms with van der Waals surface area (Å²) in [6, 6.07) is 6.66. The van der Waals surface area contributed by atoms with Crippen molar-refractivity contribution in [3.05, 3.63) is 58.9 Å². The van der Waals surface area contributed by atoms with Gasteiger partial charge < -0.3 is 9.47 Å². The van der Waals surface area contributed by atoms with E-state index in [0.717, 1.165) is 55.9 Å². The van der Waals surface area contributed by atoms with E-state index in [1.54, 1.807) is 6.07 Å². The third-order valence-corrected chi connectivity index (χ3v) is 6.91. The summed E-state index contributed by atoms with van der Waals surface area (Å²) in [7, 11) is 0. The quantitative estimate of drug-likeness (QED) is 0.167. The van der Waals surface area contributed by atoms with Crippen LogP contribution in [0.4, 0.5) is 13.2 Å². The van der Waals surface area contributed by atoms with Crippen LogP contribution in [0.15, 0.2) is 30.3 Å². The lowest BCUT2D eigenvalue weighted by Crippen LogP contribution is -2.20. The molecule has 0 saturated heterocycles. The first kappa shape index (κ1) is 27.6. The number of hydrogen-bond acceptors (Lipinski definition) is 4. The average molecular weight is 502 g/mol. The topological polar surface area (TPSA) is 59.3 Å². The Bertz CT molecular complexity index is 1040. The normalized spacial score (nSPS) is 17.4. The zero-order chi connectivity index (χ0) is 25.9. The van der Waals surface area contributed by atoms with Crippen LogP contribution in [0.25, 0.3) is 0 Å². The summed E-state index contributed by atoms with van der Waals surface area (Å²) in [5, 5.41) is 8.76. The van der Waals surface area contributed by atoms with Crippen molar-refractivity contribution >= 4 is 5.97 Å². The number of benzene rings is 2. The summed E-state index contributed by atoms with van der Waals surface area (Å²) in [5.74, 6) is -3.58. The Balaban J connectivity index is 1.46. The average Bonchev–Trinajstić information content (AvgIpc) is 2.85. The molecule has 1 fully saturated rings. The maximum Gasteiger partial charge on any atom is 0.349 e. The van der Waals surface area contributed by atoms with Crippen molar-refractivity contribution in [3.8, 4) is 17.6 Å². The van der Waals surface area contributed by atoms with Crippen LogP contribution < -0.4 is 9.47 Å². The van der Waals surface area contributed by atoms with Crippen molar-refractivity contribution in [2.75, 3.05) is 6.61 Å². The van der Waals surface area contributed by atoms with Gasteiger partial charge in [-0.15, -0.1) is 0 Å². The molecule has 194 valence electrons. The third-order valence-electron chi connectivity index (χ3n) is 6.91. The second-order valence-electron chi connectivity index (χ2n) is 9.66. The molecule has 4 nitrogen and oxygen atoms in total. The summed E-state index contributed by atoms with van der Waals surface area (Å²) in [5.41, 5.74) is -1.12. The van der Waals surface area contributed by atoms with Crippen LogP contribution in [0.3, 0.4) is 0 Å². The van der Waals surface area contributed by atoms with Gasteiger partial charge in [-0.1, -0.05) is 64.7 Å². The van der Waals surface area contributed by atoms with Crippen molar-refractivity contribution in [2.24, 2.45) is 11.8 Å². The van der Waals surface area contributed by atoms with Gasteiger partial charge in [-0.05, 0) is 36.8 Å². The van der Waals surface area contributed by atoms with Crippen molar-refractivity contribution in [1.82, 2.24) is 0 Å². The molecule has 0 radical (unpaired) electrons. The SMILES string of the molecule is CCCCCCCC[C@H]1CC[C@H](COc2cc(F)c(C(=O)Oc3ccc(C#N)c(F)c3)c(F)c2)CC1. The van der Waals surface area contributed by atoms with Gasteiger partial charge in [0, 0.05) is 18.2 Å². The Morgan fingerprint density at radius 2 is 1.50 bits per heavy atom. The monoisotopic (exact) mass is 501 g/mol. The Hall–Kier alpha value is -3.01. The van der Waals surface area contributed by atoms with Gasteiger partial charge in [-0.2, -0.15) is 5.26 Å².